The van der Waals surface area contributed by atoms with Crippen LogP contribution in [0.25, 0.3) is 0 Å². The Morgan fingerprint density at radius 3 is 2.57 bits per heavy atom. The van der Waals surface area contributed by atoms with Crippen molar-refractivity contribution >= 4 is 23.4 Å². The first-order valence-electron chi connectivity index (χ1n) is 7.39. The number of carbonyl (C=O) groups is 2. The Balaban J connectivity index is 2.92. The minimum Gasteiger partial charge on any atom is -0.503 e. The summed E-state index contributed by atoms with van der Waals surface area (Å²) in [5.41, 5.74) is 0.427. The lowest BCUT2D eigenvalue weighted by Crippen LogP contribution is -2.29. The van der Waals surface area contributed by atoms with Crippen LogP contribution in [-0.4, -0.2) is 44.0 Å². The van der Waals surface area contributed by atoms with Crippen LogP contribution in [0.2, 0.25) is 0 Å². The Morgan fingerprint density at radius 1 is 1.30 bits per heavy atom. The van der Waals surface area contributed by atoms with Gasteiger partial charge in [-0.15, -0.1) is 0 Å². The summed E-state index contributed by atoms with van der Waals surface area (Å²) < 4.78 is 15.0. The number of nitrogens with one attached hydrogen (secondary N) is 1. The lowest BCUT2D eigenvalue weighted by molar-refractivity contribution is 0.0509. The largest absolute Gasteiger partial charge is 0.503 e. The number of amides is 1. The third-order valence-electron chi connectivity index (χ3n) is 2.85. The third kappa shape index (κ3) is 5.40. The molecule has 23 heavy (non-hydrogen) atoms. The Kier molecular flexibility index (Phi) is 7.84. The van der Waals surface area contributed by atoms with Crippen molar-refractivity contribution in [3.05, 3.63) is 10.4 Å². The van der Waals surface area contributed by atoms with E-state index in [-0.39, 0.29) is 28.2 Å². The molecule has 7 nitrogen and oxygen atoms in total. The number of methoxy groups -OCH3 is 1. The highest BCUT2D eigenvalue weighted by Gasteiger charge is 2.27. The van der Waals surface area contributed by atoms with Crippen LogP contribution in [0.1, 0.15) is 48.3 Å². The van der Waals surface area contributed by atoms with Crippen LogP contribution in [0.4, 0.5) is 4.79 Å². The smallest absolute Gasteiger partial charge is 0.413 e. The van der Waals surface area contributed by atoms with E-state index in [0.29, 0.717) is 25.2 Å². The van der Waals surface area contributed by atoms with Crippen LogP contribution in [-0.2, 0) is 9.47 Å². The second-order valence-electron chi connectivity index (χ2n) is 5.08. The first-order valence-corrected chi connectivity index (χ1v) is 8.21. The van der Waals surface area contributed by atoms with Gasteiger partial charge in [0.25, 0.3) is 0 Å². The fourth-order valence-corrected chi connectivity index (χ4v) is 2.90. The van der Waals surface area contributed by atoms with Crippen molar-refractivity contribution < 1.29 is 28.9 Å². The number of rotatable bonds is 8. The van der Waals surface area contributed by atoms with E-state index in [1.165, 1.54) is 7.11 Å². The predicted molar refractivity (Wildman–Crippen MR) is 86.5 cm³/mol. The lowest BCUT2D eigenvalue weighted by Gasteiger charge is -2.07. The second-order valence-corrected chi connectivity index (χ2v) is 6.06. The Morgan fingerprint density at radius 2 is 2.00 bits per heavy atom. The molecule has 0 radical (unpaired) electrons. The highest BCUT2D eigenvalue weighted by molar-refractivity contribution is 7.16. The summed E-state index contributed by atoms with van der Waals surface area (Å²) in [6, 6.07) is 0. The molecule has 0 spiro atoms. The van der Waals surface area contributed by atoms with Gasteiger partial charge < -0.3 is 24.6 Å². The van der Waals surface area contributed by atoms with E-state index in [0.717, 1.165) is 11.3 Å². The highest BCUT2D eigenvalue weighted by atomic mass is 32.1. The van der Waals surface area contributed by atoms with Crippen molar-refractivity contribution in [1.29, 1.82) is 0 Å². The van der Waals surface area contributed by atoms with Gasteiger partial charge in [0.15, 0.2) is 5.75 Å². The average Bonchev–Trinajstić information content (AvgIpc) is 2.82. The van der Waals surface area contributed by atoms with Crippen molar-refractivity contribution in [2.45, 2.75) is 33.1 Å². The Labute approximate surface area is 139 Å². The van der Waals surface area contributed by atoms with Crippen molar-refractivity contribution in [1.82, 2.24) is 5.32 Å². The topological polar surface area (TPSA) is 94.1 Å². The molecule has 1 amide bonds. The zero-order valence-corrected chi connectivity index (χ0v) is 14.6. The maximum atomic E-state index is 12.1. The number of hydrogen-bond donors (Lipinski definition) is 2. The van der Waals surface area contributed by atoms with E-state index in [9.17, 15) is 14.7 Å². The van der Waals surface area contributed by atoms with Crippen molar-refractivity contribution in [2.75, 3.05) is 26.9 Å². The summed E-state index contributed by atoms with van der Waals surface area (Å²) in [7, 11) is 1.52. The number of aromatic hydroxyl groups is 1. The molecule has 2 N–H and O–H groups in total. The summed E-state index contributed by atoms with van der Waals surface area (Å²) in [5, 5.41) is 12.7. The Hall–Kier alpha value is -1.80. The molecule has 0 saturated heterocycles. The van der Waals surface area contributed by atoms with Gasteiger partial charge in [-0.25, -0.2) is 9.59 Å². The second kappa shape index (κ2) is 9.36. The minimum absolute atomic E-state index is 0.0212. The summed E-state index contributed by atoms with van der Waals surface area (Å²) in [6.45, 7) is 6.48. The third-order valence-corrected chi connectivity index (χ3v) is 3.90. The van der Waals surface area contributed by atoms with Gasteiger partial charge in [0, 0.05) is 19.2 Å². The standard InChI is InChI=1S/C15H23NO6S/c1-5-7-21-13(18)12-10(9(2)3)11(17)14(23-12)22-15(19)16-6-8-20-4/h9,17H,5-8H2,1-4H3,(H,16,19). The number of carbonyl (C=O) groups excluding carboxylic acids is 2. The molecule has 0 bridgehead atoms. The average molecular weight is 345 g/mol. The molecule has 1 rings (SSSR count). The molecule has 0 aliphatic carbocycles. The van der Waals surface area contributed by atoms with Crippen LogP contribution >= 0.6 is 11.3 Å². The monoisotopic (exact) mass is 345 g/mol. The molecular weight excluding hydrogens is 322 g/mol. The van der Waals surface area contributed by atoms with Gasteiger partial charge in [-0.1, -0.05) is 32.1 Å². The Bertz CT molecular complexity index is 540. The normalized spacial score (nSPS) is 10.7. The van der Waals surface area contributed by atoms with E-state index in [1.54, 1.807) is 0 Å². The molecule has 0 aliphatic heterocycles. The van der Waals surface area contributed by atoms with Gasteiger partial charge in [-0.05, 0) is 12.3 Å². The minimum atomic E-state index is -0.720. The van der Waals surface area contributed by atoms with Crippen LogP contribution in [0, 0.1) is 0 Å². The first kappa shape index (κ1) is 19.2. The lowest BCUT2D eigenvalue weighted by atomic mass is 10.0. The zero-order chi connectivity index (χ0) is 17.4. The van der Waals surface area contributed by atoms with Crippen molar-refractivity contribution in [2.24, 2.45) is 0 Å². The zero-order valence-electron chi connectivity index (χ0n) is 13.8. The van der Waals surface area contributed by atoms with E-state index < -0.39 is 12.1 Å². The van der Waals surface area contributed by atoms with E-state index in [4.69, 9.17) is 14.2 Å². The summed E-state index contributed by atoms with van der Waals surface area (Å²) >= 11 is 0.902. The van der Waals surface area contributed by atoms with Gasteiger partial charge in [0.05, 0.1) is 13.2 Å². The fraction of sp³-hybridized carbons (Fsp3) is 0.600. The van der Waals surface area contributed by atoms with Crippen molar-refractivity contribution in [3.8, 4) is 10.8 Å². The summed E-state index contributed by atoms with van der Waals surface area (Å²) in [4.78, 5) is 24.0. The molecule has 0 saturated carbocycles. The highest BCUT2D eigenvalue weighted by Crippen LogP contribution is 2.45. The SMILES string of the molecule is CCCOC(=O)c1sc(OC(=O)NCCOC)c(O)c1C(C)C. The maximum Gasteiger partial charge on any atom is 0.413 e. The van der Waals surface area contributed by atoms with E-state index >= 15 is 0 Å². The van der Waals surface area contributed by atoms with Crippen LogP contribution in [0.5, 0.6) is 10.8 Å². The maximum absolute atomic E-state index is 12.1. The van der Waals surface area contributed by atoms with Gasteiger partial charge in [-0.2, -0.15) is 0 Å². The predicted octanol–water partition coefficient (Wildman–Crippen LogP) is 2.88. The molecule has 0 unspecified atom stereocenters. The van der Waals surface area contributed by atoms with Crippen LogP contribution < -0.4 is 10.1 Å². The first-order chi connectivity index (χ1) is 10.9. The van der Waals surface area contributed by atoms with E-state index in [2.05, 4.69) is 5.32 Å². The van der Waals surface area contributed by atoms with Crippen LogP contribution in [0.3, 0.4) is 0 Å². The van der Waals surface area contributed by atoms with Gasteiger partial charge in [0.2, 0.25) is 5.06 Å². The van der Waals surface area contributed by atoms with Gasteiger partial charge >= 0.3 is 12.1 Å². The molecule has 1 heterocycles. The van der Waals surface area contributed by atoms with Gasteiger partial charge in [-0.3, -0.25) is 0 Å². The number of hydrogen-bond acceptors (Lipinski definition) is 7. The van der Waals surface area contributed by atoms with Crippen LogP contribution in [0.15, 0.2) is 0 Å². The van der Waals surface area contributed by atoms with E-state index in [1.807, 2.05) is 20.8 Å². The fourth-order valence-electron chi connectivity index (χ4n) is 1.81. The number of thiophene rings is 1. The summed E-state index contributed by atoms with van der Waals surface area (Å²) in [5.74, 6) is -0.842. The molecule has 0 fully saturated rings. The quantitative estimate of drug-likeness (QED) is 0.556. The summed E-state index contributed by atoms with van der Waals surface area (Å²) in [6.07, 6.45) is -0.0202. The molecular formula is C15H23NO6S. The molecule has 8 heteroatoms. The molecule has 0 aliphatic rings. The van der Waals surface area contributed by atoms with Gasteiger partial charge in [0.1, 0.15) is 4.88 Å². The molecule has 0 atom stereocenters. The molecule has 1 aromatic rings. The molecule has 1 aromatic heterocycles. The molecule has 0 aromatic carbocycles. The van der Waals surface area contributed by atoms with Crippen molar-refractivity contribution in [3.63, 3.8) is 0 Å². The number of esters is 1. The molecule has 130 valence electrons. The number of ether oxygens (including phenoxy) is 3.